The minimum absolute atomic E-state index is 0.0356. The largest absolute Gasteiger partial charge is 0.481 e. The Morgan fingerprint density at radius 1 is 0.426 bits per heavy atom. The van der Waals surface area contributed by atoms with Crippen molar-refractivity contribution in [3.8, 4) is 18.2 Å². The van der Waals surface area contributed by atoms with E-state index < -0.39 is 15.4 Å². The second-order valence-electron chi connectivity index (χ2n) is 37.7. The van der Waals surface area contributed by atoms with Gasteiger partial charge >= 0.3 is 0 Å². The smallest absolute Gasteiger partial charge is 0.227 e. The molecule has 4 heterocycles. The van der Waals surface area contributed by atoms with Gasteiger partial charge in [0.05, 0.1) is 24.8 Å². The first-order valence-electron chi connectivity index (χ1n) is 42.0. The van der Waals surface area contributed by atoms with E-state index in [2.05, 4.69) is 67.6 Å². The van der Waals surface area contributed by atoms with Crippen LogP contribution in [0.2, 0.25) is 0 Å². The lowest BCUT2D eigenvalue weighted by Crippen LogP contribution is -2.37. The van der Waals surface area contributed by atoms with Crippen LogP contribution >= 0.6 is 0 Å². The molecule has 5 rings (SSSR count). The molecule has 1 aromatic carbocycles. The summed E-state index contributed by atoms with van der Waals surface area (Å²) in [5.74, 6) is 4.08. The van der Waals surface area contributed by atoms with Gasteiger partial charge in [-0.3, -0.25) is 48.3 Å². The van der Waals surface area contributed by atoms with Crippen LogP contribution in [0.15, 0.2) is 97.8 Å². The average molecular weight is 1730 g/mol. The molecule has 122 heavy (non-hydrogen) atoms. The lowest BCUT2D eigenvalue weighted by molar-refractivity contribution is -0.138. The Kier molecular flexibility index (Phi) is 57.0. The van der Waals surface area contributed by atoms with E-state index in [1.807, 2.05) is 254 Å². The molecule has 5 aromatic rings. The zero-order chi connectivity index (χ0) is 94.4. The van der Waals surface area contributed by atoms with E-state index in [9.17, 15) is 46.8 Å². The summed E-state index contributed by atoms with van der Waals surface area (Å²) in [4.78, 5) is 110. The van der Waals surface area contributed by atoms with Gasteiger partial charge in [0.1, 0.15) is 0 Å². The number of amides is 8. The molecule has 0 radical (unpaired) electrons. The Bertz CT molecular complexity index is 3850. The summed E-state index contributed by atoms with van der Waals surface area (Å²) in [6, 6.07) is 19.6. The number of sulfonamides is 1. The number of ether oxygens (including phenoxy) is 3. The number of aromatic nitrogens is 6. The Hall–Kier alpha value is -9.24. The summed E-state index contributed by atoms with van der Waals surface area (Å²) in [5.41, 5.74) is 3.80. The highest BCUT2D eigenvalue weighted by atomic mass is 32.2. The molecule has 8 amide bonds. The predicted molar refractivity (Wildman–Crippen MR) is 492 cm³/mol. The molecule has 0 atom stereocenters. The van der Waals surface area contributed by atoms with Crippen LogP contribution in [0.5, 0.6) is 5.88 Å². The number of benzene rings is 1. The Morgan fingerprint density at radius 3 is 1.20 bits per heavy atom. The molecule has 690 valence electrons. The van der Waals surface area contributed by atoms with Gasteiger partial charge in [0.15, 0.2) is 0 Å². The molecule has 0 spiro atoms. The number of rotatable bonds is 31. The van der Waals surface area contributed by atoms with E-state index in [1.54, 1.807) is 67.0 Å². The van der Waals surface area contributed by atoms with Gasteiger partial charge in [-0.25, -0.2) is 18.1 Å². The number of nitrogens with one attached hydrogen (secondary N) is 7. The molecule has 0 aliphatic heterocycles. The third-order valence-electron chi connectivity index (χ3n) is 17.3. The number of pyridine rings is 3. The van der Waals surface area contributed by atoms with Gasteiger partial charge in [0, 0.05) is 193 Å². The van der Waals surface area contributed by atoms with Gasteiger partial charge in [-0.15, -0.1) is 6.42 Å². The zero-order valence-corrected chi connectivity index (χ0v) is 81.3. The number of hydrogen-bond donors (Lipinski definition) is 7. The number of hydrogen-bond acceptors (Lipinski definition) is 18. The summed E-state index contributed by atoms with van der Waals surface area (Å²) in [6.07, 6.45) is 24.3. The zero-order valence-electron chi connectivity index (χ0n) is 80.5. The van der Waals surface area contributed by atoms with Crippen LogP contribution in [0, 0.1) is 55.7 Å². The summed E-state index contributed by atoms with van der Waals surface area (Å²) >= 11 is 0. The monoisotopic (exact) mass is 1730 g/mol. The fourth-order valence-electron chi connectivity index (χ4n) is 9.60. The number of terminal acetylenes is 1. The van der Waals surface area contributed by atoms with E-state index in [1.165, 1.54) is 18.2 Å². The summed E-state index contributed by atoms with van der Waals surface area (Å²) in [7, 11) is 8.76. The second kappa shape index (κ2) is 59.5. The van der Waals surface area contributed by atoms with Crippen LogP contribution in [-0.2, 0) is 90.0 Å². The van der Waals surface area contributed by atoms with Gasteiger partial charge < -0.3 is 55.5 Å². The van der Waals surface area contributed by atoms with Crippen molar-refractivity contribution in [2.24, 2.45) is 43.3 Å². The van der Waals surface area contributed by atoms with Crippen molar-refractivity contribution in [3.63, 3.8) is 0 Å². The van der Waals surface area contributed by atoms with Gasteiger partial charge in [0.2, 0.25) is 63.2 Å². The summed E-state index contributed by atoms with van der Waals surface area (Å²) < 4.78 is 39.2. The maximum absolute atomic E-state index is 12.0. The molecule has 7 N–H and O–H groups in total. The molecule has 4 aromatic heterocycles. The number of unbranched alkanes of at least 4 members (excludes halogenated alkanes) is 2. The maximum Gasteiger partial charge on any atom is 0.227 e. The minimum atomic E-state index is -3.15. The van der Waals surface area contributed by atoms with Crippen molar-refractivity contribution < 1.29 is 61.0 Å². The number of aromatic amines is 1. The molecule has 0 unspecified atom stereocenters. The molecule has 28 nitrogen and oxygen atoms in total. The second-order valence-corrected chi connectivity index (χ2v) is 39.8. The van der Waals surface area contributed by atoms with Gasteiger partial charge in [0.25, 0.3) is 0 Å². The number of likely N-dealkylation sites (N-methyl/N-ethyl adjacent to an activating group) is 2. The molecule has 0 saturated carbocycles. The van der Waals surface area contributed by atoms with Crippen molar-refractivity contribution in [2.75, 3.05) is 121 Å². The first kappa shape index (κ1) is 117. The van der Waals surface area contributed by atoms with Crippen molar-refractivity contribution in [1.29, 1.82) is 0 Å². The normalized spacial score (nSPS) is 11.4. The predicted octanol–water partition coefficient (Wildman–Crippen LogP) is 12.5. The first-order valence-corrected chi connectivity index (χ1v) is 43.6. The van der Waals surface area contributed by atoms with E-state index in [4.69, 9.17) is 20.6 Å². The maximum atomic E-state index is 12.0. The Balaban J connectivity index is -0.00000133. The van der Waals surface area contributed by atoms with Crippen molar-refractivity contribution in [2.45, 2.75) is 230 Å². The third kappa shape index (κ3) is 59.5. The van der Waals surface area contributed by atoms with E-state index in [-0.39, 0.29) is 90.9 Å². The molecule has 0 saturated heterocycles. The van der Waals surface area contributed by atoms with Crippen LogP contribution < -0.4 is 36.0 Å². The average Bonchev–Trinajstić information content (AvgIpc) is 0.862. The van der Waals surface area contributed by atoms with Gasteiger partial charge in [-0.2, -0.15) is 15.4 Å². The minimum Gasteiger partial charge on any atom is -0.481 e. The summed E-state index contributed by atoms with van der Waals surface area (Å²) in [6.45, 7) is 52.6. The van der Waals surface area contributed by atoms with Crippen molar-refractivity contribution in [1.82, 2.24) is 76.4 Å². The van der Waals surface area contributed by atoms with Crippen molar-refractivity contribution in [3.05, 3.63) is 131 Å². The fourth-order valence-corrected chi connectivity index (χ4v) is 10.3. The van der Waals surface area contributed by atoms with Crippen LogP contribution in [-0.4, -0.2) is 222 Å². The van der Waals surface area contributed by atoms with E-state index >= 15 is 0 Å². The highest BCUT2D eigenvalue weighted by Crippen LogP contribution is 2.21. The van der Waals surface area contributed by atoms with Crippen molar-refractivity contribution >= 4 is 57.3 Å². The van der Waals surface area contributed by atoms with Gasteiger partial charge in [-0.1, -0.05) is 190 Å². The number of carbonyl (C=O) groups is 8. The number of H-pyrrole nitrogens is 1. The molecule has 0 fully saturated rings. The van der Waals surface area contributed by atoms with E-state index in [0.29, 0.717) is 58.0 Å². The van der Waals surface area contributed by atoms with Gasteiger partial charge in [-0.05, 0) is 123 Å². The quantitative estimate of drug-likeness (QED) is 0.0160. The number of nitrogens with zero attached hydrogens (tertiary/aromatic N) is 8. The number of carbonyl (C=O) groups excluding carboxylic acids is 8. The first-order chi connectivity index (χ1) is 56.2. The summed E-state index contributed by atoms with van der Waals surface area (Å²) in [5, 5.41) is 24.3. The van der Waals surface area contributed by atoms with E-state index in [0.717, 1.165) is 100 Å². The molecule has 0 aliphatic rings. The lowest BCUT2D eigenvalue weighted by atomic mass is 9.95. The molecule has 0 aliphatic carbocycles. The molecule has 0 bridgehead atoms. The highest BCUT2D eigenvalue weighted by molar-refractivity contribution is 7.89. The van der Waals surface area contributed by atoms with Crippen LogP contribution in [0.4, 0.5) is 0 Å². The lowest BCUT2D eigenvalue weighted by Gasteiger charge is -2.26. The SMILES string of the molecule is C#Cc1cccc(CCN(C)C(=O)C(C)(C)C)c1.CC(C)(C)C(=O)NCCc1cccnc1.CC(C)(C)C(=O)NCCc1ccncc1.CC(C)(C)C(=O)NCCc1cn[nH]n1.CNS(=O)(=O)CCCNC(=O)C(C)(C)C.COCCCCN(C)C(=O)C(C)(C)C.COCCCCNC(=O)C(C)(C)C.COc1cc(CCN(C)C(=O)C(C)(C)C)ccn1. The van der Waals surface area contributed by atoms with Crippen LogP contribution in [0.1, 0.15) is 232 Å². The Labute approximate surface area is 734 Å². The van der Waals surface area contributed by atoms with Crippen LogP contribution in [0.3, 0.4) is 0 Å². The highest BCUT2D eigenvalue weighted by Gasteiger charge is 2.29. The standard InChI is InChI=1S/C16H21NO.C14H22N2O2.2C12H18N2O.C11H23NO2.C10H21NO2.C9H16N4O.C9H20N2O3S/c1-6-13-8-7-9-14(12-13)10-11-17(5)15(18)16(2,3)4;1-14(2,3)13(17)16(4)9-7-11-6-8-15-12(10-11)18-5;1-12(2,3)11(15)14-9-6-10-4-7-13-8-5-10;1-12(2,3)11(15)14-8-6-10-5-4-7-13-9-10;1-11(2,3)10(13)12(4)8-6-7-9-14-5;1-10(2,3)9(12)11-7-5-6-8-13-4;1-9(2,3)8(14)10-5-4-7-6-11-13-12-7;1-9(2,3)8(12)11-6-5-7-15(13,14)10-4/h1,7-9,12H,10-11H2,2-5H3;6,8,10H,7,9H2,1-5H3;4-5,7-8H,6,9H2,1-3H3,(H,14,15);4-5,7,9H,6,8H2,1-3H3,(H,14,15);6-9H2,1-5H3;5-8H2,1-4H3,(H,11,12);6H,4-5H2,1-3H3,(H,10,14)(H,11,12,13);10H,5-7H2,1-4H3,(H,11,12). The molecule has 29 heteroatoms. The topological polar surface area (TPSA) is 361 Å². The molecular formula is C93H159N15O13S. The Morgan fingerprint density at radius 2 is 0.820 bits per heavy atom. The molecular weight excluding hydrogens is 1570 g/mol. The number of methoxy groups -OCH3 is 3. The van der Waals surface area contributed by atoms with Crippen LogP contribution in [0.25, 0.3) is 0 Å². The third-order valence-corrected chi connectivity index (χ3v) is 18.7. The fraction of sp³-hybridized carbons (Fsp3) is 0.645.